The third-order valence-corrected chi connectivity index (χ3v) is 3.09. The molecule has 0 fully saturated rings. The Morgan fingerprint density at radius 3 is 2.94 bits per heavy atom. The van der Waals surface area contributed by atoms with E-state index in [0.29, 0.717) is 6.54 Å². The van der Waals surface area contributed by atoms with Crippen LogP contribution >= 0.6 is 0 Å². The molecule has 0 saturated heterocycles. The third-order valence-electron chi connectivity index (χ3n) is 3.09. The standard InChI is InChI=1S/C14H19NO3/c1-10(2)18-9-14(17)15-6-5-11-3-4-13(16)7-12(11)8-15/h3-4,7,10,16H,5-6,8-9H2,1-2H3. The number of rotatable bonds is 3. The van der Waals surface area contributed by atoms with Crippen LogP contribution < -0.4 is 0 Å². The van der Waals surface area contributed by atoms with E-state index in [0.717, 1.165) is 18.5 Å². The summed E-state index contributed by atoms with van der Waals surface area (Å²) in [5.41, 5.74) is 2.24. The quantitative estimate of drug-likeness (QED) is 0.887. The van der Waals surface area contributed by atoms with E-state index < -0.39 is 0 Å². The smallest absolute Gasteiger partial charge is 0.248 e. The van der Waals surface area contributed by atoms with Gasteiger partial charge in [-0.3, -0.25) is 4.79 Å². The van der Waals surface area contributed by atoms with Crippen LogP contribution in [0.1, 0.15) is 25.0 Å². The van der Waals surface area contributed by atoms with Gasteiger partial charge >= 0.3 is 0 Å². The Bertz CT molecular complexity index is 443. The van der Waals surface area contributed by atoms with Gasteiger partial charge in [0.1, 0.15) is 12.4 Å². The number of phenolic OH excluding ortho intramolecular Hbond substituents is 1. The first-order valence-electron chi connectivity index (χ1n) is 6.26. The van der Waals surface area contributed by atoms with Crippen molar-refractivity contribution in [2.45, 2.75) is 32.9 Å². The van der Waals surface area contributed by atoms with Crippen molar-refractivity contribution in [2.24, 2.45) is 0 Å². The first kappa shape index (κ1) is 12.9. The van der Waals surface area contributed by atoms with Gasteiger partial charge in [-0.1, -0.05) is 6.07 Å². The second-order valence-electron chi connectivity index (χ2n) is 4.88. The fraction of sp³-hybridized carbons (Fsp3) is 0.500. The third kappa shape index (κ3) is 3.01. The molecule has 1 heterocycles. The molecule has 0 spiro atoms. The molecule has 4 heteroatoms. The summed E-state index contributed by atoms with van der Waals surface area (Å²) in [4.78, 5) is 13.7. The van der Waals surface area contributed by atoms with Gasteiger partial charge in [0.05, 0.1) is 6.10 Å². The summed E-state index contributed by atoms with van der Waals surface area (Å²) in [5, 5.41) is 9.46. The summed E-state index contributed by atoms with van der Waals surface area (Å²) in [6, 6.07) is 5.35. The van der Waals surface area contributed by atoms with Gasteiger partial charge in [-0.05, 0) is 43.5 Å². The van der Waals surface area contributed by atoms with Crippen LogP contribution in [0.4, 0.5) is 0 Å². The van der Waals surface area contributed by atoms with E-state index in [1.54, 1.807) is 17.0 Å². The maximum atomic E-state index is 11.9. The molecule has 1 aliphatic heterocycles. The number of aromatic hydroxyl groups is 1. The highest BCUT2D eigenvalue weighted by Crippen LogP contribution is 2.23. The average molecular weight is 249 g/mol. The normalized spacial score (nSPS) is 14.7. The SMILES string of the molecule is CC(C)OCC(=O)N1CCc2ccc(O)cc2C1. The van der Waals surface area contributed by atoms with Crippen molar-refractivity contribution in [1.82, 2.24) is 4.90 Å². The fourth-order valence-corrected chi connectivity index (χ4v) is 2.09. The van der Waals surface area contributed by atoms with Gasteiger partial charge < -0.3 is 14.7 Å². The molecule has 4 nitrogen and oxygen atoms in total. The van der Waals surface area contributed by atoms with E-state index >= 15 is 0 Å². The van der Waals surface area contributed by atoms with Crippen molar-refractivity contribution < 1.29 is 14.6 Å². The Hall–Kier alpha value is -1.55. The molecule has 0 unspecified atom stereocenters. The van der Waals surface area contributed by atoms with Crippen LogP contribution in [0.5, 0.6) is 5.75 Å². The predicted octanol–water partition coefficient (Wildman–Crippen LogP) is 1.70. The maximum absolute atomic E-state index is 11.9. The van der Waals surface area contributed by atoms with Crippen molar-refractivity contribution in [3.63, 3.8) is 0 Å². The van der Waals surface area contributed by atoms with Crippen molar-refractivity contribution in [2.75, 3.05) is 13.2 Å². The molecule has 2 rings (SSSR count). The summed E-state index contributed by atoms with van der Waals surface area (Å²) >= 11 is 0. The highest BCUT2D eigenvalue weighted by molar-refractivity contribution is 5.77. The Morgan fingerprint density at radius 2 is 2.22 bits per heavy atom. The molecule has 0 saturated carbocycles. The van der Waals surface area contributed by atoms with E-state index in [4.69, 9.17) is 4.74 Å². The number of nitrogens with zero attached hydrogens (tertiary/aromatic N) is 1. The lowest BCUT2D eigenvalue weighted by molar-refractivity contribution is -0.138. The molecule has 0 radical (unpaired) electrons. The molecular formula is C14H19NO3. The molecule has 1 amide bonds. The number of hydrogen-bond donors (Lipinski definition) is 1. The number of carbonyl (C=O) groups is 1. The second-order valence-corrected chi connectivity index (χ2v) is 4.88. The summed E-state index contributed by atoms with van der Waals surface area (Å²) < 4.78 is 5.33. The monoisotopic (exact) mass is 249 g/mol. The number of ether oxygens (including phenoxy) is 1. The van der Waals surface area contributed by atoms with Crippen LogP contribution in [0.25, 0.3) is 0 Å². The lowest BCUT2D eigenvalue weighted by Crippen LogP contribution is -2.38. The van der Waals surface area contributed by atoms with Crippen molar-refractivity contribution in [1.29, 1.82) is 0 Å². The number of amides is 1. The largest absolute Gasteiger partial charge is 0.508 e. The molecule has 18 heavy (non-hydrogen) atoms. The summed E-state index contributed by atoms with van der Waals surface area (Å²) in [5.74, 6) is 0.263. The van der Waals surface area contributed by atoms with E-state index in [1.165, 1.54) is 5.56 Å². The van der Waals surface area contributed by atoms with Gasteiger partial charge in [-0.2, -0.15) is 0 Å². The zero-order valence-corrected chi connectivity index (χ0v) is 10.8. The highest BCUT2D eigenvalue weighted by atomic mass is 16.5. The summed E-state index contributed by atoms with van der Waals surface area (Å²) in [6.45, 7) is 5.24. The minimum Gasteiger partial charge on any atom is -0.508 e. The first-order chi connectivity index (χ1) is 8.56. The number of carbonyl (C=O) groups excluding carboxylic acids is 1. The number of phenols is 1. The number of fused-ring (bicyclic) bond motifs is 1. The van der Waals surface area contributed by atoms with E-state index in [2.05, 4.69) is 0 Å². The van der Waals surface area contributed by atoms with Crippen LogP contribution in [0.2, 0.25) is 0 Å². The molecule has 0 atom stereocenters. The highest BCUT2D eigenvalue weighted by Gasteiger charge is 2.21. The second kappa shape index (κ2) is 5.40. The van der Waals surface area contributed by atoms with Gasteiger partial charge in [0.2, 0.25) is 5.91 Å². The predicted molar refractivity (Wildman–Crippen MR) is 68.3 cm³/mol. The zero-order valence-electron chi connectivity index (χ0n) is 10.8. The van der Waals surface area contributed by atoms with Crippen LogP contribution in [0, 0.1) is 0 Å². The van der Waals surface area contributed by atoms with Gasteiger partial charge in [0.15, 0.2) is 0 Å². The van der Waals surface area contributed by atoms with Crippen LogP contribution in [-0.2, 0) is 22.5 Å². The number of benzene rings is 1. The molecule has 98 valence electrons. The van der Waals surface area contributed by atoms with Gasteiger partial charge in [0, 0.05) is 13.1 Å². The molecule has 0 aromatic heterocycles. The van der Waals surface area contributed by atoms with Crippen molar-refractivity contribution in [3.05, 3.63) is 29.3 Å². The Morgan fingerprint density at radius 1 is 1.44 bits per heavy atom. The lowest BCUT2D eigenvalue weighted by Gasteiger charge is -2.29. The van der Waals surface area contributed by atoms with Crippen LogP contribution in [-0.4, -0.2) is 35.2 Å². The summed E-state index contributed by atoms with van der Waals surface area (Å²) in [7, 11) is 0. The molecule has 1 N–H and O–H groups in total. The van der Waals surface area contributed by atoms with Gasteiger partial charge in [-0.15, -0.1) is 0 Å². The van der Waals surface area contributed by atoms with Gasteiger partial charge in [-0.25, -0.2) is 0 Å². The minimum atomic E-state index is 0.0118. The van der Waals surface area contributed by atoms with Crippen LogP contribution in [0.3, 0.4) is 0 Å². The van der Waals surface area contributed by atoms with E-state index in [1.807, 2.05) is 19.9 Å². The Kier molecular flexibility index (Phi) is 3.87. The Labute approximate surface area is 107 Å². The molecule has 0 bridgehead atoms. The molecule has 1 aliphatic rings. The van der Waals surface area contributed by atoms with Crippen molar-refractivity contribution in [3.8, 4) is 5.75 Å². The maximum Gasteiger partial charge on any atom is 0.248 e. The van der Waals surface area contributed by atoms with Gasteiger partial charge in [0.25, 0.3) is 0 Å². The summed E-state index contributed by atoms with van der Waals surface area (Å²) in [6.07, 6.45) is 0.901. The molecular weight excluding hydrogens is 230 g/mol. The Balaban J connectivity index is 2.00. The van der Waals surface area contributed by atoms with E-state index in [9.17, 15) is 9.90 Å². The average Bonchev–Trinajstić information content (AvgIpc) is 2.34. The zero-order chi connectivity index (χ0) is 13.1. The first-order valence-corrected chi connectivity index (χ1v) is 6.26. The topological polar surface area (TPSA) is 49.8 Å². The minimum absolute atomic E-state index is 0.0118. The molecule has 1 aromatic carbocycles. The van der Waals surface area contributed by atoms with E-state index in [-0.39, 0.29) is 24.4 Å². The lowest BCUT2D eigenvalue weighted by atomic mass is 9.99. The fourth-order valence-electron chi connectivity index (χ4n) is 2.09. The number of hydrogen-bond acceptors (Lipinski definition) is 3. The van der Waals surface area contributed by atoms with Crippen LogP contribution in [0.15, 0.2) is 18.2 Å². The van der Waals surface area contributed by atoms with Crippen molar-refractivity contribution >= 4 is 5.91 Å². The molecule has 1 aromatic rings. The molecule has 0 aliphatic carbocycles.